The first-order valence-electron chi connectivity index (χ1n) is 6.47. The third-order valence-corrected chi connectivity index (χ3v) is 2.80. The molecule has 0 saturated heterocycles. The van der Waals surface area contributed by atoms with Crippen LogP contribution in [0.4, 0.5) is 5.69 Å². The highest BCUT2D eigenvalue weighted by molar-refractivity contribution is 5.85. The lowest BCUT2D eigenvalue weighted by Crippen LogP contribution is -2.28. The zero-order valence-electron chi connectivity index (χ0n) is 11.9. The van der Waals surface area contributed by atoms with Crippen LogP contribution in [0.3, 0.4) is 0 Å². The first-order chi connectivity index (χ1) is 8.74. The van der Waals surface area contributed by atoms with Crippen LogP contribution in [0.25, 0.3) is 0 Å². The van der Waals surface area contributed by atoms with E-state index in [4.69, 9.17) is 5.73 Å². The Bertz CT molecular complexity index is 350. The number of nitrogens with zero attached hydrogens (tertiary/aromatic N) is 1. The number of halogens is 2. The molecule has 0 aliphatic rings. The molecule has 0 spiro atoms. The number of hydrogen-bond donors (Lipinski definition) is 2. The molecule has 4 nitrogen and oxygen atoms in total. The highest BCUT2D eigenvalue weighted by Gasteiger charge is 2.01. The van der Waals surface area contributed by atoms with E-state index in [1.807, 2.05) is 18.2 Å². The Kier molecular flexibility index (Phi) is 13.9. The molecule has 1 aromatic rings. The van der Waals surface area contributed by atoms with Crippen molar-refractivity contribution >= 4 is 36.4 Å². The molecule has 3 N–H and O–H groups in total. The average molecular weight is 322 g/mol. The zero-order chi connectivity index (χ0) is 13.2. The van der Waals surface area contributed by atoms with Crippen molar-refractivity contribution in [3.05, 3.63) is 30.3 Å². The third-order valence-electron chi connectivity index (χ3n) is 2.80. The summed E-state index contributed by atoms with van der Waals surface area (Å²) in [6.45, 7) is 2.23. The quantitative estimate of drug-likeness (QED) is 0.722. The number of hydrogen-bond acceptors (Lipinski definition) is 3. The molecule has 0 saturated carbocycles. The van der Waals surface area contributed by atoms with Gasteiger partial charge in [0.2, 0.25) is 5.91 Å². The van der Waals surface area contributed by atoms with Crippen LogP contribution in [0.15, 0.2) is 30.3 Å². The van der Waals surface area contributed by atoms with Crippen molar-refractivity contribution in [1.29, 1.82) is 0 Å². The van der Waals surface area contributed by atoms with Crippen molar-refractivity contribution in [2.75, 3.05) is 31.6 Å². The molecule has 0 aromatic heterocycles. The Labute approximate surface area is 133 Å². The molecule has 1 rings (SSSR count). The van der Waals surface area contributed by atoms with Crippen molar-refractivity contribution in [3.8, 4) is 0 Å². The second-order valence-electron chi connectivity index (χ2n) is 4.35. The first-order valence-corrected chi connectivity index (χ1v) is 6.47. The molecule has 1 amide bonds. The molecule has 0 fully saturated rings. The van der Waals surface area contributed by atoms with Gasteiger partial charge in [0.05, 0.1) is 0 Å². The fourth-order valence-electron chi connectivity index (χ4n) is 1.71. The molecule has 6 heteroatoms. The van der Waals surface area contributed by atoms with Crippen LogP contribution in [0.2, 0.25) is 0 Å². The van der Waals surface area contributed by atoms with Crippen LogP contribution < -0.4 is 16.0 Å². The minimum absolute atomic E-state index is 0. The molecule has 20 heavy (non-hydrogen) atoms. The smallest absolute Gasteiger partial charge is 0.220 e. The monoisotopic (exact) mass is 321 g/mol. The van der Waals surface area contributed by atoms with Crippen LogP contribution in [-0.2, 0) is 4.79 Å². The van der Waals surface area contributed by atoms with E-state index in [1.165, 1.54) is 5.69 Å². The number of carbonyl (C=O) groups is 1. The van der Waals surface area contributed by atoms with Gasteiger partial charge in [-0.2, -0.15) is 0 Å². The van der Waals surface area contributed by atoms with Gasteiger partial charge in [-0.1, -0.05) is 18.2 Å². The normalized spacial score (nSPS) is 9.10. The maximum atomic E-state index is 11.3. The van der Waals surface area contributed by atoms with Gasteiger partial charge in [0.1, 0.15) is 0 Å². The van der Waals surface area contributed by atoms with Gasteiger partial charge < -0.3 is 16.0 Å². The van der Waals surface area contributed by atoms with Gasteiger partial charge in [-0.05, 0) is 31.5 Å². The molecule has 0 heterocycles. The van der Waals surface area contributed by atoms with E-state index in [2.05, 4.69) is 29.4 Å². The Morgan fingerprint density at radius 1 is 1.20 bits per heavy atom. The summed E-state index contributed by atoms with van der Waals surface area (Å²) in [5, 5.41) is 2.90. The van der Waals surface area contributed by atoms with Gasteiger partial charge in [-0.25, -0.2) is 0 Å². The minimum Gasteiger partial charge on any atom is -0.375 e. The lowest BCUT2D eigenvalue weighted by Gasteiger charge is -2.19. The van der Waals surface area contributed by atoms with Gasteiger partial charge in [0.15, 0.2) is 0 Å². The third kappa shape index (κ3) is 9.02. The number of nitrogens with one attached hydrogen (secondary N) is 1. The zero-order valence-corrected chi connectivity index (χ0v) is 13.5. The summed E-state index contributed by atoms with van der Waals surface area (Å²) < 4.78 is 0. The number of carbonyl (C=O) groups excluding carboxylic acids is 1. The number of nitrogens with two attached hydrogens (primary N) is 1. The van der Waals surface area contributed by atoms with Crippen LogP contribution in [0, 0.1) is 0 Å². The average Bonchev–Trinajstić information content (AvgIpc) is 2.42. The van der Waals surface area contributed by atoms with Gasteiger partial charge in [-0.15, -0.1) is 24.8 Å². The largest absolute Gasteiger partial charge is 0.375 e. The Morgan fingerprint density at radius 3 is 2.45 bits per heavy atom. The Hall–Kier alpha value is -0.970. The predicted octanol–water partition coefficient (Wildman–Crippen LogP) is 2.21. The number of amides is 1. The maximum absolute atomic E-state index is 11.3. The molecule has 0 radical (unpaired) electrons. The van der Waals surface area contributed by atoms with E-state index in [0.29, 0.717) is 13.0 Å². The minimum atomic E-state index is 0. The molecule has 0 aliphatic heterocycles. The molecular weight excluding hydrogens is 297 g/mol. The van der Waals surface area contributed by atoms with E-state index in [-0.39, 0.29) is 30.7 Å². The number of para-hydroxylation sites is 1. The van der Waals surface area contributed by atoms with Gasteiger partial charge in [0.25, 0.3) is 0 Å². The van der Waals surface area contributed by atoms with E-state index >= 15 is 0 Å². The summed E-state index contributed by atoms with van der Waals surface area (Å²) in [5.41, 5.74) is 6.55. The molecular formula is C14H25Cl2N3O. The predicted molar refractivity (Wildman–Crippen MR) is 90.1 cm³/mol. The summed E-state index contributed by atoms with van der Waals surface area (Å²) in [6.07, 6.45) is 2.24. The van der Waals surface area contributed by atoms with E-state index in [1.54, 1.807) is 0 Å². The summed E-state index contributed by atoms with van der Waals surface area (Å²) in [6, 6.07) is 10.2. The van der Waals surface area contributed by atoms with Crippen LogP contribution >= 0.6 is 24.8 Å². The van der Waals surface area contributed by atoms with Crippen LogP contribution in [-0.4, -0.2) is 32.6 Å². The van der Waals surface area contributed by atoms with Crippen molar-refractivity contribution in [3.63, 3.8) is 0 Å². The van der Waals surface area contributed by atoms with Crippen molar-refractivity contribution in [1.82, 2.24) is 5.32 Å². The second kappa shape index (κ2) is 13.0. The standard InChI is InChI=1S/C14H23N3O.2ClH/c1-17(13-7-3-2-4-8-13)12-6-11-16-14(18)9-5-10-15;;/h2-4,7-8H,5-6,9-12,15H2,1H3,(H,16,18);2*1H. The Balaban J connectivity index is 0. The highest BCUT2D eigenvalue weighted by Crippen LogP contribution is 2.10. The molecule has 0 unspecified atom stereocenters. The summed E-state index contributed by atoms with van der Waals surface area (Å²) in [5.74, 6) is 0.0998. The number of benzene rings is 1. The maximum Gasteiger partial charge on any atom is 0.220 e. The number of anilines is 1. The SMILES string of the molecule is CN(CCCNC(=O)CCCN)c1ccccc1.Cl.Cl. The van der Waals surface area contributed by atoms with Crippen LogP contribution in [0.1, 0.15) is 19.3 Å². The van der Waals surface area contributed by atoms with Crippen LogP contribution in [0.5, 0.6) is 0 Å². The summed E-state index contributed by atoms with van der Waals surface area (Å²) >= 11 is 0. The summed E-state index contributed by atoms with van der Waals surface area (Å²) in [4.78, 5) is 13.5. The van der Waals surface area contributed by atoms with E-state index in [9.17, 15) is 4.79 Å². The van der Waals surface area contributed by atoms with E-state index in [0.717, 1.165) is 25.9 Å². The molecule has 0 atom stereocenters. The Morgan fingerprint density at radius 2 is 1.85 bits per heavy atom. The van der Waals surface area contributed by atoms with Gasteiger partial charge in [-0.3, -0.25) is 4.79 Å². The van der Waals surface area contributed by atoms with Gasteiger partial charge in [0, 0.05) is 32.2 Å². The number of rotatable bonds is 8. The van der Waals surface area contributed by atoms with Crippen molar-refractivity contribution in [2.45, 2.75) is 19.3 Å². The topological polar surface area (TPSA) is 58.4 Å². The van der Waals surface area contributed by atoms with Crippen molar-refractivity contribution in [2.24, 2.45) is 5.73 Å². The lowest BCUT2D eigenvalue weighted by molar-refractivity contribution is -0.121. The van der Waals surface area contributed by atoms with E-state index < -0.39 is 0 Å². The fraction of sp³-hybridized carbons (Fsp3) is 0.500. The highest BCUT2D eigenvalue weighted by atomic mass is 35.5. The fourth-order valence-corrected chi connectivity index (χ4v) is 1.71. The van der Waals surface area contributed by atoms with Crippen molar-refractivity contribution < 1.29 is 4.79 Å². The molecule has 116 valence electrons. The first kappa shape index (κ1) is 21.3. The molecule has 1 aromatic carbocycles. The summed E-state index contributed by atoms with van der Waals surface area (Å²) in [7, 11) is 2.06. The molecule has 0 bridgehead atoms. The lowest BCUT2D eigenvalue weighted by atomic mass is 10.2. The molecule has 0 aliphatic carbocycles. The second-order valence-corrected chi connectivity index (χ2v) is 4.35. The van der Waals surface area contributed by atoms with Gasteiger partial charge >= 0.3 is 0 Å².